The van der Waals surface area contributed by atoms with Gasteiger partial charge in [0.1, 0.15) is 18.8 Å². The van der Waals surface area contributed by atoms with Gasteiger partial charge in [-0.05, 0) is 12.1 Å². The number of hydrogen-bond acceptors (Lipinski definition) is 10. The zero-order valence-electron chi connectivity index (χ0n) is 18.9. The molecule has 2 heterocycles. The van der Waals surface area contributed by atoms with E-state index in [4.69, 9.17) is 23.7 Å². The van der Waals surface area contributed by atoms with Crippen LogP contribution in [0.25, 0.3) is 10.1 Å². The smallest absolute Gasteiger partial charge is 0.302 e. The third-order valence-corrected chi connectivity index (χ3v) is 5.90. The third kappa shape index (κ3) is 7.63. The zero-order valence-corrected chi connectivity index (χ0v) is 20.7. The summed E-state index contributed by atoms with van der Waals surface area (Å²) in [5.74, 6) is -1.60. The summed E-state index contributed by atoms with van der Waals surface area (Å²) < 4.78 is 30.0. The quantitative estimate of drug-likeness (QED) is 0.281. The number of carbonyl (C=O) groups excluding carboxylic acids is 3. The fraction of sp³-hybridized carbons (Fsp3) is 0.500. The van der Waals surface area contributed by atoms with Gasteiger partial charge in [-0.3, -0.25) is 29.6 Å². The summed E-state index contributed by atoms with van der Waals surface area (Å²) >= 11 is 1.32. The van der Waals surface area contributed by atoms with Crippen molar-refractivity contribution in [3.05, 3.63) is 41.0 Å². The SMILES string of the molecule is CC(=O)OCC1O[C@@H](OCCn2sc3ccccc3c2=O)C(OC(C)=O)C[CH-][C@@H]1OC(C)=O.[Co]. The van der Waals surface area contributed by atoms with Gasteiger partial charge in [0.25, 0.3) is 11.5 Å². The van der Waals surface area contributed by atoms with Crippen LogP contribution in [0.2, 0.25) is 0 Å². The summed E-state index contributed by atoms with van der Waals surface area (Å²) in [6.45, 7) is 3.93. The van der Waals surface area contributed by atoms with Gasteiger partial charge in [-0.1, -0.05) is 23.7 Å². The van der Waals surface area contributed by atoms with Gasteiger partial charge in [-0.15, -0.1) is 6.42 Å². The minimum Gasteiger partial charge on any atom is -0.493 e. The van der Waals surface area contributed by atoms with Gasteiger partial charge < -0.3 is 23.7 Å². The van der Waals surface area contributed by atoms with Crippen LogP contribution in [-0.4, -0.2) is 59.7 Å². The number of aromatic nitrogens is 1. The van der Waals surface area contributed by atoms with Crippen LogP contribution in [0.3, 0.4) is 0 Å². The van der Waals surface area contributed by atoms with Gasteiger partial charge >= 0.3 is 11.9 Å². The molecule has 1 aromatic heterocycles. The van der Waals surface area contributed by atoms with Gasteiger partial charge in [0.2, 0.25) is 0 Å². The minimum absolute atomic E-state index is 0. The third-order valence-electron chi connectivity index (χ3n) is 4.78. The van der Waals surface area contributed by atoms with Crippen LogP contribution in [0, 0.1) is 6.42 Å². The number of carbonyl (C=O) groups is 3. The molecule has 4 atom stereocenters. The van der Waals surface area contributed by atoms with E-state index in [0.29, 0.717) is 5.39 Å². The monoisotopic (exact) mass is 539 g/mol. The van der Waals surface area contributed by atoms with Crippen molar-refractivity contribution in [3.8, 4) is 0 Å². The van der Waals surface area contributed by atoms with Gasteiger partial charge in [-0.25, -0.2) is 0 Å². The molecular weight excluding hydrogens is 513 g/mol. The Balaban J connectivity index is 0.00000408. The second-order valence-corrected chi connectivity index (χ2v) is 8.47. The first-order valence-corrected chi connectivity index (χ1v) is 11.2. The van der Waals surface area contributed by atoms with Crippen LogP contribution in [-0.2, 0) is 61.4 Å². The van der Waals surface area contributed by atoms with E-state index in [9.17, 15) is 19.2 Å². The van der Waals surface area contributed by atoms with Crippen molar-refractivity contribution in [1.29, 1.82) is 0 Å². The molecule has 189 valence electrons. The minimum atomic E-state index is -1.03. The Hall–Kier alpha value is -2.25. The molecule has 0 bridgehead atoms. The molecule has 2 aromatic rings. The summed E-state index contributed by atoms with van der Waals surface area (Å²) in [6.07, 6.45) is -1.74. The average Bonchev–Trinajstić information content (AvgIpc) is 2.98. The summed E-state index contributed by atoms with van der Waals surface area (Å²) in [5, 5.41) is 0.631. The summed E-state index contributed by atoms with van der Waals surface area (Å²) in [7, 11) is 0. The summed E-state index contributed by atoms with van der Waals surface area (Å²) in [5.41, 5.74) is -0.117. The molecule has 1 aliphatic heterocycles. The topological polar surface area (TPSA) is 119 Å². The normalized spacial score (nSPS) is 22.3. The van der Waals surface area contributed by atoms with Gasteiger partial charge in [-0.2, -0.15) is 0 Å². The first-order chi connectivity index (χ1) is 15.7. The average molecular weight is 539 g/mol. The van der Waals surface area contributed by atoms with Crippen LogP contribution in [0.15, 0.2) is 29.1 Å². The van der Waals surface area contributed by atoms with Crippen molar-refractivity contribution in [1.82, 2.24) is 3.96 Å². The van der Waals surface area contributed by atoms with Crippen molar-refractivity contribution in [2.75, 3.05) is 13.2 Å². The molecular formula is C22H26CoNO9S-. The van der Waals surface area contributed by atoms with E-state index < -0.39 is 42.5 Å². The number of hydrogen-bond donors (Lipinski definition) is 0. The molecule has 1 aliphatic rings. The van der Waals surface area contributed by atoms with Crippen molar-refractivity contribution in [2.45, 2.75) is 58.3 Å². The zero-order chi connectivity index (χ0) is 24.0. The summed E-state index contributed by atoms with van der Waals surface area (Å²) in [4.78, 5) is 47.0. The second-order valence-electron chi connectivity index (χ2n) is 7.40. The van der Waals surface area contributed by atoms with Crippen molar-refractivity contribution in [3.63, 3.8) is 0 Å². The Kier molecular flexibility index (Phi) is 10.7. The van der Waals surface area contributed by atoms with E-state index in [0.717, 1.165) is 4.70 Å². The van der Waals surface area contributed by atoms with E-state index in [1.54, 1.807) is 22.5 Å². The molecule has 1 saturated heterocycles. The van der Waals surface area contributed by atoms with E-state index >= 15 is 0 Å². The maximum Gasteiger partial charge on any atom is 0.302 e. The maximum atomic E-state index is 12.5. The number of benzene rings is 1. The first kappa shape index (κ1) is 28.0. The molecule has 0 spiro atoms. The Morgan fingerprint density at radius 1 is 1.12 bits per heavy atom. The predicted octanol–water partition coefficient (Wildman–Crippen LogP) is 1.82. The fourth-order valence-electron chi connectivity index (χ4n) is 3.40. The number of esters is 3. The van der Waals surface area contributed by atoms with Crippen molar-refractivity contribution in [2.24, 2.45) is 0 Å². The fourth-order valence-corrected chi connectivity index (χ4v) is 4.38. The Labute approximate surface area is 210 Å². The standard InChI is InChI=1S/C22H26NO9S.Co/c1-13(24)29-12-19-17(30-14(2)25)8-9-18(31-15(3)26)22(32-19)28-11-10-23-21(27)16-6-4-5-7-20(16)33-23;/h4-8,17-19,22H,9-12H2,1-3H3;/q-1;/t17-,18?,19?,22+;/m0./s1. The van der Waals surface area contributed by atoms with Crippen LogP contribution in [0.4, 0.5) is 0 Å². The Morgan fingerprint density at radius 3 is 2.47 bits per heavy atom. The van der Waals surface area contributed by atoms with Gasteiger partial charge in [0.15, 0.2) is 6.29 Å². The molecule has 3 rings (SSSR count). The number of fused-ring (bicyclic) bond motifs is 1. The van der Waals surface area contributed by atoms with E-state index in [2.05, 4.69) is 0 Å². The molecule has 1 aromatic carbocycles. The van der Waals surface area contributed by atoms with Gasteiger partial charge in [0, 0.05) is 43.7 Å². The van der Waals surface area contributed by atoms with Crippen LogP contribution in [0.5, 0.6) is 0 Å². The summed E-state index contributed by atoms with van der Waals surface area (Å²) in [6, 6.07) is 7.30. The van der Waals surface area contributed by atoms with Crippen LogP contribution in [0.1, 0.15) is 27.2 Å². The number of nitrogens with zero attached hydrogens (tertiary/aromatic N) is 1. The van der Waals surface area contributed by atoms with E-state index in [1.807, 2.05) is 12.1 Å². The largest absolute Gasteiger partial charge is 0.493 e. The number of ether oxygens (including phenoxy) is 5. The molecule has 0 saturated carbocycles. The molecule has 1 radical (unpaired) electrons. The molecule has 0 amide bonds. The first-order valence-electron chi connectivity index (χ1n) is 10.4. The van der Waals surface area contributed by atoms with E-state index in [1.165, 1.54) is 32.3 Å². The second kappa shape index (κ2) is 13.0. The van der Waals surface area contributed by atoms with Crippen molar-refractivity contribution >= 4 is 39.5 Å². The molecule has 12 heteroatoms. The van der Waals surface area contributed by atoms with Crippen LogP contribution >= 0.6 is 11.5 Å². The van der Waals surface area contributed by atoms with E-state index in [-0.39, 0.29) is 48.5 Å². The predicted molar refractivity (Wildman–Crippen MR) is 117 cm³/mol. The molecule has 10 nitrogen and oxygen atoms in total. The molecule has 0 N–H and O–H groups in total. The van der Waals surface area contributed by atoms with Gasteiger partial charge in [0.05, 0.1) is 23.2 Å². The molecule has 2 unspecified atom stereocenters. The Morgan fingerprint density at radius 2 is 1.82 bits per heavy atom. The molecule has 34 heavy (non-hydrogen) atoms. The molecule has 1 fully saturated rings. The Bertz CT molecular complexity index is 1050. The maximum absolute atomic E-state index is 12.5. The molecule has 0 aliphatic carbocycles. The van der Waals surface area contributed by atoms with Crippen molar-refractivity contribution < 1.29 is 54.8 Å². The van der Waals surface area contributed by atoms with Crippen LogP contribution < -0.4 is 5.56 Å². The number of rotatable bonds is 8.